The molecule has 2 rings (SSSR count). The van der Waals surface area contributed by atoms with Crippen molar-refractivity contribution in [3.63, 3.8) is 0 Å². The largest absolute Gasteiger partial charge is 0.396 e. The fraction of sp³-hybridized carbons (Fsp3) is 0.500. The summed E-state index contributed by atoms with van der Waals surface area (Å²) in [5.74, 6) is 0.163. The van der Waals surface area contributed by atoms with Crippen LogP contribution in [0.3, 0.4) is 0 Å². The monoisotopic (exact) mass is 347 g/mol. The Morgan fingerprint density at radius 3 is 3.16 bits per heavy atom. The van der Waals surface area contributed by atoms with Crippen LogP contribution in [0.15, 0.2) is 16.9 Å². The number of nitrogens with zero attached hydrogens (tertiary/aromatic N) is 2. The SMILES string of the molecule is O=C(Nc1cncc(Br)c1Cl)N1CCCC(CO)C1. The van der Waals surface area contributed by atoms with Gasteiger partial charge in [0.05, 0.1) is 21.4 Å². The van der Waals surface area contributed by atoms with Crippen LogP contribution >= 0.6 is 27.5 Å². The quantitative estimate of drug-likeness (QED) is 0.863. The molecule has 19 heavy (non-hydrogen) atoms. The van der Waals surface area contributed by atoms with Gasteiger partial charge in [-0.15, -0.1) is 0 Å². The molecule has 1 aromatic heterocycles. The number of hydrogen-bond acceptors (Lipinski definition) is 3. The van der Waals surface area contributed by atoms with Gasteiger partial charge in [0.2, 0.25) is 0 Å². The fourth-order valence-electron chi connectivity index (χ4n) is 2.10. The number of urea groups is 1. The highest BCUT2D eigenvalue weighted by molar-refractivity contribution is 9.10. The minimum absolute atomic E-state index is 0.114. The van der Waals surface area contributed by atoms with Crippen LogP contribution in [0.5, 0.6) is 0 Å². The number of hydrogen-bond donors (Lipinski definition) is 2. The standard InChI is InChI=1S/C12H15BrClN3O2/c13-9-4-15-5-10(11(9)14)16-12(19)17-3-1-2-8(6-17)7-18/h4-5,8,18H,1-3,6-7H2,(H,16,19). The Kier molecular flexibility index (Phi) is 5.01. The number of likely N-dealkylation sites (tertiary alicyclic amines) is 1. The predicted molar refractivity (Wildman–Crippen MR) is 77.3 cm³/mol. The van der Waals surface area contributed by atoms with Gasteiger partial charge in [0, 0.05) is 25.9 Å². The molecule has 0 saturated carbocycles. The predicted octanol–water partition coefficient (Wildman–Crippen LogP) is 2.73. The number of piperidine rings is 1. The zero-order chi connectivity index (χ0) is 13.8. The highest BCUT2D eigenvalue weighted by atomic mass is 79.9. The first-order chi connectivity index (χ1) is 9.11. The lowest BCUT2D eigenvalue weighted by molar-refractivity contribution is 0.136. The Morgan fingerprint density at radius 1 is 1.63 bits per heavy atom. The van der Waals surface area contributed by atoms with E-state index >= 15 is 0 Å². The van der Waals surface area contributed by atoms with Crippen molar-refractivity contribution < 1.29 is 9.90 Å². The molecule has 2 N–H and O–H groups in total. The number of pyridine rings is 1. The van der Waals surface area contributed by atoms with E-state index in [-0.39, 0.29) is 18.6 Å². The molecule has 1 unspecified atom stereocenters. The molecular weight excluding hydrogens is 334 g/mol. The van der Waals surface area contributed by atoms with Crippen molar-refractivity contribution in [1.29, 1.82) is 0 Å². The Labute approximate surface area is 125 Å². The van der Waals surface area contributed by atoms with Crippen molar-refractivity contribution in [1.82, 2.24) is 9.88 Å². The smallest absolute Gasteiger partial charge is 0.321 e. The summed E-state index contributed by atoms with van der Waals surface area (Å²) in [5.41, 5.74) is 0.479. The lowest BCUT2D eigenvalue weighted by atomic mass is 9.99. The number of amides is 2. The molecule has 2 amide bonds. The van der Waals surface area contributed by atoms with Crippen LogP contribution in [-0.2, 0) is 0 Å². The summed E-state index contributed by atoms with van der Waals surface area (Å²) in [7, 11) is 0. The molecule has 5 nitrogen and oxygen atoms in total. The summed E-state index contributed by atoms with van der Waals surface area (Å²) in [6, 6.07) is -0.208. The number of aromatic nitrogens is 1. The molecule has 1 fully saturated rings. The van der Waals surface area contributed by atoms with Crippen LogP contribution in [0.2, 0.25) is 5.02 Å². The first-order valence-corrected chi connectivity index (χ1v) is 7.24. The molecule has 2 heterocycles. The number of aliphatic hydroxyl groups excluding tert-OH is 1. The topological polar surface area (TPSA) is 65.5 Å². The second kappa shape index (κ2) is 6.54. The molecule has 0 spiro atoms. The summed E-state index contributed by atoms with van der Waals surface area (Å²) in [5, 5.41) is 12.3. The van der Waals surface area contributed by atoms with Crippen molar-refractivity contribution in [2.75, 3.05) is 25.0 Å². The van der Waals surface area contributed by atoms with Crippen molar-refractivity contribution in [2.24, 2.45) is 5.92 Å². The van der Waals surface area contributed by atoms with Gasteiger partial charge in [0.1, 0.15) is 0 Å². The van der Waals surface area contributed by atoms with Gasteiger partial charge in [-0.3, -0.25) is 4.98 Å². The first-order valence-electron chi connectivity index (χ1n) is 6.07. The molecule has 1 aliphatic heterocycles. The highest BCUT2D eigenvalue weighted by Gasteiger charge is 2.23. The fourth-order valence-corrected chi connectivity index (χ4v) is 2.58. The van der Waals surface area contributed by atoms with E-state index in [0.717, 1.165) is 12.8 Å². The third-order valence-corrected chi connectivity index (χ3v) is 4.38. The number of carbonyl (C=O) groups is 1. The number of aliphatic hydroxyl groups is 1. The van der Waals surface area contributed by atoms with E-state index in [1.807, 2.05) is 0 Å². The minimum atomic E-state index is -0.208. The maximum Gasteiger partial charge on any atom is 0.321 e. The number of nitrogens with one attached hydrogen (secondary N) is 1. The Balaban J connectivity index is 2.02. The molecule has 1 aromatic rings. The van der Waals surface area contributed by atoms with E-state index in [2.05, 4.69) is 26.2 Å². The number of rotatable bonds is 2. The number of carbonyl (C=O) groups excluding carboxylic acids is 1. The van der Waals surface area contributed by atoms with Gasteiger partial charge in [-0.2, -0.15) is 0 Å². The van der Waals surface area contributed by atoms with E-state index in [1.54, 1.807) is 11.1 Å². The Morgan fingerprint density at radius 2 is 2.42 bits per heavy atom. The zero-order valence-electron chi connectivity index (χ0n) is 10.3. The van der Waals surface area contributed by atoms with Crippen LogP contribution in [0.25, 0.3) is 0 Å². The second-order valence-corrected chi connectivity index (χ2v) is 5.78. The maximum atomic E-state index is 12.1. The molecule has 7 heteroatoms. The number of anilines is 1. The lowest BCUT2D eigenvalue weighted by Crippen LogP contribution is -2.43. The third-order valence-electron chi connectivity index (χ3n) is 3.14. The summed E-state index contributed by atoms with van der Waals surface area (Å²) in [4.78, 5) is 17.8. The Hall–Kier alpha value is -0.850. The summed E-state index contributed by atoms with van der Waals surface area (Å²) in [6.07, 6.45) is 4.95. The first kappa shape index (κ1) is 14.6. The molecule has 1 aliphatic rings. The van der Waals surface area contributed by atoms with Crippen LogP contribution in [0.1, 0.15) is 12.8 Å². The average molecular weight is 349 g/mol. The van der Waals surface area contributed by atoms with Gasteiger partial charge >= 0.3 is 6.03 Å². The molecule has 0 radical (unpaired) electrons. The van der Waals surface area contributed by atoms with Crippen LogP contribution < -0.4 is 5.32 Å². The highest BCUT2D eigenvalue weighted by Crippen LogP contribution is 2.29. The van der Waals surface area contributed by atoms with Crippen molar-refractivity contribution in [3.8, 4) is 0 Å². The maximum absolute atomic E-state index is 12.1. The molecule has 0 aromatic carbocycles. The molecule has 1 atom stereocenters. The summed E-state index contributed by atoms with van der Waals surface area (Å²) in [6.45, 7) is 1.38. The van der Waals surface area contributed by atoms with Gasteiger partial charge < -0.3 is 15.3 Å². The van der Waals surface area contributed by atoms with Crippen molar-refractivity contribution in [3.05, 3.63) is 21.9 Å². The molecule has 0 aliphatic carbocycles. The van der Waals surface area contributed by atoms with E-state index in [1.165, 1.54) is 6.20 Å². The summed E-state index contributed by atoms with van der Waals surface area (Å²) < 4.78 is 0.638. The molecule has 1 saturated heterocycles. The summed E-state index contributed by atoms with van der Waals surface area (Å²) >= 11 is 9.33. The molecule has 104 valence electrons. The van der Waals surface area contributed by atoms with E-state index in [4.69, 9.17) is 16.7 Å². The minimum Gasteiger partial charge on any atom is -0.396 e. The third kappa shape index (κ3) is 3.58. The van der Waals surface area contributed by atoms with E-state index in [0.29, 0.717) is 28.3 Å². The van der Waals surface area contributed by atoms with Crippen LogP contribution in [0.4, 0.5) is 10.5 Å². The van der Waals surface area contributed by atoms with E-state index in [9.17, 15) is 4.79 Å². The van der Waals surface area contributed by atoms with Crippen LogP contribution in [0, 0.1) is 5.92 Å². The van der Waals surface area contributed by atoms with Gasteiger partial charge in [-0.05, 0) is 34.7 Å². The van der Waals surface area contributed by atoms with Gasteiger partial charge in [-0.25, -0.2) is 4.79 Å². The Bertz CT molecular complexity index is 472. The lowest BCUT2D eigenvalue weighted by Gasteiger charge is -2.31. The molecule has 0 bridgehead atoms. The molecular formula is C12H15BrClN3O2. The van der Waals surface area contributed by atoms with Gasteiger partial charge in [0.15, 0.2) is 0 Å². The average Bonchev–Trinajstić information content (AvgIpc) is 2.44. The second-order valence-electron chi connectivity index (χ2n) is 4.55. The van der Waals surface area contributed by atoms with Gasteiger partial charge in [-0.1, -0.05) is 11.6 Å². The van der Waals surface area contributed by atoms with Crippen LogP contribution in [-0.4, -0.2) is 40.7 Å². The van der Waals surface area contributed by atoms with Crippen molar-refractivity contribution in [2.45, 2.75) is 12.8 Å². The van der Waals surface area contributed by atoms with Gasteiger partial charge in [0.25, 0.3) is 0 Å². The van der Waals surface area contributed by atoms with Crippen molar-refractivity contribution >= 4 is 39.2 Å². The number of halogens is 2. The zero-order valence-corrected chi connectivity index (χ0v) is 12.6. The normalized spacial score (nSPS) is 19.3. The van der Waals surface area contributed by atoms with E-state index < -0.39 is 0 Å².